The number of hydrogen-bond acceptors (Lipinski definition) is 3. The van der Waals surface area contributed by atoms with E-state index >= 15 is 0 Å². The van der Waals surface area contributed by atoms with Gasteiger partial charge in [-0.3, -0.25) is 0 Å². The number of fused-ring (bicyclic) bond motifs is 1. The van der Waals surface area contributed by atoms with Crippen molar-refractivity contribution in [1.82, 2.24) is 0 Å². The van der Waals surface area contributed by atoms with Crippen molar-refractivity contribution in [2.45, 2.75) is 32.3 Å². The lowest BCUT2D eigenvalue weighted by molar-refractivity contribution is 0.0798. The van der Waals surface area contributed by atoms with E-state index in [0.29, 0.717) is 6.42 Å². The number of nitrogen functional groups attached to an aromatic ring is 1. The zero-order valence-electron chi connectivity index (χ0n) is 12.7. The predicted octanol–water partition coefficient (Wildman–Crippen LogP) is 3.08. The molecule has 3 N–H and O–H groups in total. The maximum absolute atomic E-state index is 11.3. The molecule has 2 aromatic carbocycles. The third kappa shape index (κ3) is 2.00. The summed E-state index contributed by atoms with van der Waals surface area (Å²) < 4.78 is 5.59. The molecule has 0 radical (unpaired) electrons. The zero-order chi connectivity index (χ0) is 15.2. The van der Waals surface area contributed by atoms with Gasteiger partial charge in [-0.25, -0.2) is 0 Å². The molecule has 21 heavy (non-hydrogen) atoms. The van der Waals surface area contributed by atoms with E-state index in [2.05, 4.69) is 6.92 Å². The smallest absolute Gasteiger partial charge is 0.128 e. The predicted molar refractivity (Wildman–Crippen MR) is 84.6 cm³/mol. The Bertz CT molecular complexity index is 709. The standard InChI is InChI=1S/C18H21NO2/c1-11-4-6-16(17(21-3)12(11)2)18(20)9-8-13-10-14(19)5-7-15(13)18/h4-7,10,20H,8-9,19H2,1-3H3. The van der Waals surface area contributed by atoms with Crippen molar-refractivity contribution in [3.8, 4) is 5.75 Å². The number of nitrogens with two attached hydrogens (primary N) is 1. The summed E-state index contributed by atoms with van der Waals surface area (Å²) in [5, 5.41) is 11.3. The van der Waals surface area contributed by atoms with Gasteiger partial charge in [-0.2, -0.15) is 0 Å². The monoisotopic (exact) mass is 283 g/mol. The number of anilines is 1. The van der Waals surface area contributed by atoms with Crippen molar-refractivity contribution in [1.29, 1.82) is 0 Å². The van der Waals surface area contributed by atoms with E-state index in [-0.39, 0.29) is 0 Å². The molecule has 0 saturated carbocycles. The maximum atomic E-state index is 11.3. The van der Waals surface area contributed by atoms with Gasteiger partial charge in [0.15, 0.2) is 0 Å². The molecule has 1 unspecified atom stereocenters. The number of benzene rings is 2. The highest BCUT2D eigenvalue weighted by Gasteiger charge is 2.40. The average Bonchev–Trinajstić information content (AvgIpc) is 2.79. The molecular weight excluding hydrogens is 262 g/mol. The van der Waals surface area contributed by atoms with E-state index in [0.717, 1.165) is 45.7 Å². The Morgan fingerprint density at radius 3 is 2.57 bits per heavy atom. The lowest BCUT2D eigenvalue weighted by Crippen LogP contribution is -2.25. The molecule has 3 heteroatoms. The molecule has 0 amide bonds. The van der Waals surface area contributed by atoms with Gasteiger partial charge in [0, 0.05) is 11.3 Å². The Kier molecular flexibility index (Phi) is 3.18. The minimum Gasteiger partial charge on any atom is -0.496 e. The van der Waals surface area contributed by atoms with Gasteiger partial charge < -0.3 is 15.6 Å². The fourth-order valence-electron chi connectivity index (χ4n) is 3.33. The Hall–Kier alpha value is -2.00. The van der Waals surface area contributed by atoms with Gasteiger partial charge in [-0.15, -0.1) is 0 Å². The highest BCUT2D eigenvalue weighted by Crippen LogP contribution is 2.46. The van der Waals surface area contributed by atoms with Gasteiger partial charge in [-0.1, -0.05) is 18.2 Å². The van der Waals surface area contributed by atoms with Crippen molar-refractivity contribution < 1.29 is 9.84 Å². The lowest BCUT2D eigenvalue weighted by atomic mass is 9.85. The van der Waals surface area contributed by atoms with Gasteiger partial charge in [0.25, 0.3) is 0 Å². The lowest BCUT2D eigenvalue weighted by Gasteiger charge is -2.28. The molecule has 0 saturated heterocycles. The molecular formula is C18H21NO2. The first kappa shape index (κ1) is 14.0. The minimum absolute atomic E-state index is 0.657. The summed E-state index contributed by atoms with van der Waals surface area (Å²) in [5.74, 6) is 0.780. The molecule has 3 rings (SSSR count). The van der Waals surface area contributed by atoms with E-state index in [1.165, 1.54) is 0 Å². The summed E-state index contributed by atoms with van der Waals surface area (Å²) in [4.78, 5) is 0. The van der Waals surface area contributed by atoms with E-state index in [1.807, 2.05) is 37.3 Å². The third-order valence-electron chi connectivity index (χ3n) is 4.66. The van der Waals surface area contributed by atoms with Crippen molar-refractivity contribution in [3.05, 3.63) is 58.1 Å². The molecule has 0 spiro atoms. The van der Waals surface area contributed by atoms with Crippen LogP contribution in [0.25, 0.3) is 0 Å². The Morgan fingerprint density at radius 1 is 1.14 bits per heavy atom. The highest BCUT2D eigenvalue weighted by atomic mass is 16.5. The number of ether oxygens (including phenoxy) is 1. The summed E-state index contributed by atoms with van der Waals surface area (Å²) in [6.07, 6.45) is 1.48. The van der Waals surface area contributed by atoms with E-state index in [1.54, 1.807) is 7.11 Å². The largest absolute Gasteiger partial charge is 0.496 e. The Labute approximate surface area is 125 Å². The van der Waals surface area contributed by atoms with Crippen molar-refractivity contribution >= 4 is 5.69 Å². The molecule has 1 aliphatic carbocycles. The summed E-state index contributed by atoms with van der Waals surface area (Å²) in [6, 6.07) is 9.77. The average molecular weight is 283 g/mol. The van der Waals surface area contributed by atoms with Crippen LogP contribution in [0.1, 0.15) is 34.2 Å². The van der Waals surface area contributed by atoms with Crippen LogP contribution in [0.5, 0.6) is 5.75 Å². The number of aliphatic hydroxyl groups is 1. The normalized spacial score (nSPS) is 20.4. The molecule has 0 aromatic heterocycles. The van der Waals surface area contributed by atoms with E-state index < -0.39 is 5.60 Å². The molecule has 110 valence electrons. The molecule has 0 heterocycles. The van der Waals surface area contributed by atoms with Crippen LogP contribution in [0, 0.1) is 13.8 Å². The first-order valence-electron chi connectivity index (χ1n) is 7.23. The van der Waals surface area contributed by atoms with Gasteiger partial charge in [-0.05, 0) is 61.1 Å². The van der Waals surface area contributed by atoms with E-state index in [4.69, 9.17) is 10.5 Å². The SMILES string of the molecule is COc1c(C2(O)CCc3cc(N)ccc32)ccc(C)c1C. The third-order valence-corrected chi connectivity index (χ3v) is 4.66. The van der Waals surface area contributed by atoms with Gasteiger partial charge >= 0.3 is 0 Å². The maximum Gasteiger partial charge on any atom is 0.128 e. The molecule has 2 aromatic rings. The number of hydrogen-bond donors (Lipinski definition) is 2. The Morgan fingerprint density at radius 2 is 1.86 bits per heavy atom. The van der Waals surface area contributed by atoms with Gasteiger partial charge in [0.2, 0.25) is 0 Å². The molecule has 1 atom stereocenters. The zero-order valence-corrected chi connectivity index (χ0v) is 12.7. The van der Waals surface area contributed by atoms with Crippen molar-refractivity contribution in [2.24, 2.45) is 0 Å². The highest BCUT2D eigenvalue weighted by molar-refractivity contribution is 5.57. The van der Waals surface area contributed by atoms with Gasteiger partial charge in [0.05, 0.1) is 7.11 Å². The second-order valence-electron chi connectivity index (χ2n) is 5.87. The first-order chi connectivity index (χ1) is 9.97. The fraction of sp³-hybridized carbons (Fsp3) is 0.333. The molecule has 3 nitrogen and oxygen atoms in total. The van der Waals surface area contributed by atoms with Gasteiger partial charge in [0.1, 0.15) is 11.4 Å². The first-order valence-corrected chi connectivity index (χ1v) is 7.23. The second-order valence-corrected chi connectivity index (χ2v) is 5.87. The molecule has 1 aliphatic rings. The fourth-order valence-corrected chi connectivity index (χ4v) is 3.33. The molecule has 0 bridgehead atoms. The van der Waals surface area contributed by atoms with Crippen LogP contribution in [0.4, 0.5) is 5.69 Å². The number of rotatable bonds is 2. The van der Waals surface area contributed by atoms with Crippen LogP contribution in [-0.4, -0.2) is 12.2 Å². The van der Waals surface area contributed by atoms with Crippen LogP contribution in [0.3, 0.4) is 0 Å². The molecule has 0 fully saturated rings. The summed E-state index contributed by atoms with van der Waals surface area (Å²) in [7, 11) is 1.66. The summed E-state index contributed by atoms with van der Waals surface area (Å²) >= 11 is 0. The topological polar surface area (TPSA) is 55.5 Å². The number of methoxy groups -OCH3 is 1. The summed E-state index contributed by atoms with van der Waals surface area (Å²) in [5.41, 5.74) is 10.7. The van der Waals surface area contributed by atoms with Crippen molar-refractivity contribution in [2.75, 3.05) is 12.8 Å². The quantitative estimate of drug-likeness (QED) is 0.833. The summed E-state index contributed by atoms with van der Waals surface area (Å²) in [6.45, 7) is 4.08. The van der Waals surface area contributed by atoms with Crippen LogP contribution in [-0.2, 0) is 12.0 Å². The van der Waals surface area contributed by atoms with Crippen LogP contribution >= 0.6 is 0 Å². The van der Waals surface area contributed by atoms with E-state index in [9.17, 15) is 5.11 Å². The molecule has 0 aliphatic heterocycles. The van der Waals surface area contributed by atoms with Crippen LogP contribution in [0.15, 0.2) is 30.3 Å². The van der Waals surface area contributed by atoms with Crippen molar-refractivity contribution in [3.63, 3.8) is 0 Å². The minimum atomic E-state index is -0.993. The number of aryl methyl sites for hydroxylation is 2. The Balaban J connectivity index is 2.21. The second kappa shape index (κ2) is 4.78. The van der Waals surface area contributed by atoms with Crippen LogP contribution in [0.2, 0.25) is 0 Å². The van der Waals surface area contributed by atoms with Crippen LogP contribution < -0.4 is 10.5 Å².